The van der Waals surface area contributed by atoms with Crippen molar-refractivity contribution in [3.05, 3.63) is 71.4 Å². The number of oxazole rings is 1. The number of nitrogens with one attached hydrogen (secondary N) is 1. The van der Waals surface area contributed by atoms with Gasteiger partial charge in [0.1, 0.15) is 6.07 Å². The summed E-state index contributed by atoms with van der Waals surface area (Å²) in [6, 6.07) is 18.8. The molecule has 0 aliphatic heterocycles. The fourth-order valence-electron chi connectivity index (χ4n) is 2.88. The van der Waals surface area contributed by atoms with Crippen molar-refractivity contribution in [2.45, 2.75) is 31.3 Å². The van der Waals surface area contributed by atoms with Gasteiger partial charge in [0.25, 0.3) is 15.1 Å². The second-order valence-corrected chi connectivity index (χ2v) is 8.17. The molecule has 3 aromatic rings. The molecule has 0 spiro atoms. The number of aromatic nitrogens is 1. The number of benzene rings is 2. The molecule has 0 saturated carbocycles. The van der Waals surface area contributed by atoms with Crippen LogP contribution < -0.4 is 4.72 Å². The standard InChI is InChI=1S/C21H21N3O3S/c1-3-16(17-7-5-4-6-8-17)14-23-28(25,26)21-19(13-22)24-20(27-21)18-11-9-15(2)10-12-18/h4-12,16,23H,3,14H2,1-2H3/t16-/m0/s1. The van der Waals surface area contributed by atoms with Crippen LogP contribution in [-0.2, 0) is 10.0 Å². The molecule has 1 N–H and O–H groups in total. The van der Waals surface area contributed by atoms with Crippen LogP contribution in [0.15, 0.2) is 64.1 Å². The maximum absolute atomic E-state index is 12.8. The number of hydrogen-bond acceptors (Lipinski definition) is 5. The summed E-state index contributed by atoms with van der Waals surface area (Å²) in [6.07, 6.45) is 0.767. The lowest BCUT2D eigenvalue weighted by atomic mass is 9.97. The van der Waals surface area contributed by atoms with Gasteiger partial charge in [-0.3, -0.25) is 0 Å². The molecular weight excluding hydrogens is 374 g/mol. The Morgan fingerprint density at radius 2 is 1.82 bits per heavy atom. The number of nitrogens with zero attached hydrogens (tertiary/aromatic N) is 2. The number of nitriles is 1. The molecule has 6 nitrogen and oxygen atoms in total. The topological polar surface area (TPSA) is 96.0 Å². The first-order valence-corrected chi connectivity index (χ1v) is 10.5. The van der Waals surface area contributed by atoms with Gasteiger partial charge in [0.15, 0.2) is 5.69 Å². The van der Waals surface area contributed by atoms with Crippen LogP contribution in [0.1, 0.15) is 36.1 Å². The molecule has 1 atom stereocenters. The molecule has 0 aliphatic carbocycles. The highest BCUT2D eigenvalue weighted by Gasteiger charge is 2.27. The molecule has 0 amide bonds. The van der Waals surface area contributed by atoms with Crippen molar-refractivity contribution >= 4 is 10.0 Å². The lowest BCUT2D eigenvalue weighted by molar-refractivity contribution is 0.451. The second-order valence-electron chi connectivity index (χ2n) is 6.50. The summed E-state index contributed by atoms with van der Waals surface area (Å²) in [7, 11) is -4.01. The lowest BCUT2D eigenvalue weighted by Gasteiger charge is -2.15. The highest BCUT2D eigenvalue weighted by molar-refractivity contribution is 7.89. The summed E-state index contributed by atoms with van der Waals surface area (Å²) in [5.74, 6) is 0.119. The molecule has 7 heteroatoms. The summed E-state index contributed by atoms with van der Waals surface area (Å²) in [5, 5.41) is 8.87. The van der Waals surface area contributed by atoms with Crippen LogP contribution in [0.3, 0.4) is 0 Å². The van der Waals surface area contributed by atoms with Crippen LogP contribution in [0, 0.1) is 18.3 Å². The first kappa shape index (κ1) is 19.8. The average Bonchev–Trinajstić information content (AvgIpc) is 3.15. The Morgan fingerprint density at radius 3 is 2.43 bits per heavy atom. The molecule has 0 bridgehead atoms. The minimum absolute atomic E-state index is 0.0148. The Hall–Kier alpha value is -2.95. The molecule has 0 radical (unpaired) electrons. The van der Waals surface area contributed by atoms with Gasteiger partial charge in [-0.05, 0) is 37.0 Å². The summed E-state index contributed by atoms with van der Waals surface area (Å²) < 4.78 is 33.6. The van der Waals surface area contributed by atoms with E-state index in [2.05, 4.69) is 9.71 Å². The second kappa shape index (κ2) is 8.38. The van der Waals surface area contributed by atoms with Crippen LogP contribution in [0.4, 0.5) is 0 Å². The fourth-order valence-corrected chi connectivity index (χ4v) is 3.96. The van der Waals surface area contributed by atoms with Crippen molar-refractivity contribution in [1.29, 1.82) is 5.26 Å². The number of sulfonamides is 1. The zero-order valence-electron chi connectivity index (χ0n) is 15.7. The van der Waals surface area contributed by atoms with Crippen molar-refractivity contribution < 1.29 is 12.8 Å². The van der Waals surface area contributed by atoms with Gasteiger partial charge in [-0.1, -0.05) is 55.0 Å². The third kappa shape index (κ3) is 4.30. The van der Waals surface area contributed by atoms with E-state index in [4.69, 9.17) is 4.42 Å². The summed E-state index contributed by atoms with van der Waals surface area (Å²) in [5.41, 5.74) is 2.46. The van der Waals surface area contributed by atoms with Crippen molar-refractivity contribution in [3.8, 4) is 17.5 Å². The Bertz CT molecular complexity index is 1080. The summed E-state index contributed by atoms with van der Waals surface area (Å²) in [6.45, 7) is 4.14. The van der Waals surface area contributed by atoms with E-state index in [9.17, 15) is 13.7 Å². The molecule has 28 heavy (non-hydrogen) atoms. The van der Waals surface area contributed by atoms with Gasteiger partial charge in [0.2, 0.25) is 5.89 Å². The first-order chi connectivity index (χ1) is 13.4. The van der Waals surface area contributed by atoms with E-state index in [-0.39, 0.29) is 24.0 Å². The number of hydrogen-bond donors (Lipinski definition) is 1. The quantitative estimate of drug-likeness (QED) is 0.652. The van der Waals surface area contributed by atoms with Crippen LogP contribution in [0.2, 0.25) is 0 Å². The van der Waals surface area contributed by atoms with Gasteiger partial charge in [0.05, 0.1) is 0 Å². The van der Waals surface area contributed by atoms with E-state index < -0.39 is 15.1 Å². The largest absolute Gasteiger partial charge is 0.422 e. The van der Waals surface area contributed by atoms with Gasteiger partial charge in [-0.2, -0.15) is 10.2 Å². The van der Waals surface area contributed by atoms with Crippen molar-refractivity contribution in [1.82, 2.24) is 9.71 Å². The molecule has 1 heterocycles. The monoisotopic (exact) mass is 395 g/mol. The molecule has 2 aromatic carbocycles. The van der Waals surface area contributed by atoms with E-state index in [0.717, 1.165) is 17.5 Å². The van der Waals surface area contributed by atoms with Gasteiger partial charge in [0, 0.05) is 12.1 Å². The SMILES string of the molecule is CC[C@@H](CNS(=O)(=O)c1oc(-c2ccc(C)cc2)nc1C#N)c1ccccc1. The molecular formula is C21H21N3O3S. The predicted molar refractivity (Wildman–Crippen MR) is 106 cm³/mol. The minimum atomic E-state index is -4.01. The van der Waals surface area contributed by atoms with Crippen LogP contribution in [0.5, 0.6) is 0 Å². The van der Waals surface area contributed by atoms with E-state index >= 15 is 0 Å². The van der Waals surface area contributed by atoms with Gasteiger partial charge in [-0.15, -0.1) is 0 Å². The van der Waals surface area contributed by atoms with E-state index in [1.165, 1.54) is 0 Å². The molecule has 3 rings (SSSR count). The zero-order chi connectivity index (χ0) is 20.1. The van der Waals surface area contributed by atoms with Crippen molar-refractivity contribution in [3.63, 3.8) is 0 Å². The highest BCUT2D eigenvalue weighted by Crippen LogP contribution is 2.26. The first-order valence-electron chi connectivity index (χ1n) is 8.97. The van der Waals surface area contributed by atoms with E-state index in [1.807, 2.05) is 62.4 Å². The maximum atomic E-state index is 12.8. The zero-order valence-corrected chi connectivity index (χ0v) is 16.5. The maximum Gasteiger partial charge on any atom is 0.277 e. The Labute approximate surface area is 164 Å². The van der Waals surface area contributed by atoms with Gasteiger partial charge < -0.3 is 4.42 Å². The lowest BCUT2D eigenvalue weighted by Crippen LogP contribution is -2.28. The molecule has 144 valence electrons. The Kier molecular flexibility index (Phi) is 5.93. The molecule has 0 saturated heterocycles. The Balaban J connectivity index is 1.85. The molecule has 1 aromatic heterocycles. The molecule has 0 aliphatic rings. The normalized spacial score (nSPS) is 12.5. The van der Waals surface area contributed by atoms with E-state index in [1.54, 1.807) is 12.1 Å². The molecule has 0 unspecified atom stereocenters. The smallest absolute Gasteiger partial charge is 0.277 e. The van der Waals surface area contributed by atoms with Gasteiger partial charge in [-0.25, -0.2) is 13.1 Å². The summed E-state index contributed by atoms with van der Waals surface area (Å²) >= 11 is 0. The third-order valence-electron chi connectivity index (χ3n) is 4.53. The van der Waals surface area contributed by atoms with Crippen LogP contribution in [-0.4, -0.2) is 19.9 Å². The Morgan fingerprint density at radius 1 is 1.14 bits per heavy atom. The van der Waals surface area contributed by atoms with Gasteiger partial charge >= 0.3 is 0 Å². The van der Waals surface area contributed by atoms with Crippen molar-refractivity contribution in [2.75, 3.05) is 6.54 Å². The third-order valence-corrected chi connectivity index (χ3v) is 5.84. The fraction of sp³-hybridized carbons (Fsp3) is 0.238. The summed E-state index contributed by atoms with van der Waals surface area (Å²) in [4.78, 5) is 4.05. The van der Waals surface area contributed by atoms with Crippen LogP contribution >= 0.6 is 0 Å². The average molecular weight is 395 g/mol. The molecule has 0 fully saturated rings. The van der Waals surface area contributed by atoms with Crippen LogP contribution in [0.25, 0.3) is 11.5 Å². The number of aryl methyl sites for hydroxylation is 1. The van der Waals surface area contributed by atoms with E-state index in [0.29, 0.717) is 5.56 Å². The number of rotatable bonds is 7. The minimum Gasteiger partial charge on any atom is -0.422 e. The predicted octanol–water partition coefficient (Wildman–Crippen LogP) is 3.99. The van der Waals surface area contributed by atoms with Crippen molar-refractivity contribution in [2.24, 2.45) is 0 Å². The highest BCUT2D eigenvalue weighted by atomic mass is 32.2.